The summed E-state index contributed by atoms with van der Waals surface area (Å²) < 4.78 is 1.86. The molecule has 27 heavy (non-hydrogen) atoms. The van der Waals surface area contributed by atoms with Gasteiger partial charge in [0.2, 0.25) is 0 Å². The monoisotopic (exact) mass is 359 g/mol. The first-order valence-electron chi connectivity index (χ1n) is 9.72. The molecule has 0 radical (unpaired) electrons. The quantitative estimate of drug-likeness (QED) is 0.734. The summed E-state index contributed by atoms with van der Waals surface area (Å²) >= 11 is 0. The van der Waals surface area contributed by atoms with Crippen molar-refractivity contribution < 1.29 is 4.79 Å². The molecule has 1 saturated carbocycles. The molecule has 0 bridgehead atoms. The molecule has 2 atom stereocenters. The van der Waals surface area contributed by atoms with Crippen molar-refractivity contribution in [3.63, 3.8) is 0 Å². The molecule has 1 N–H and O–H groups in total. The molecule has 0 saturated heterocycles. The van der Waals surface area contributed by atoms with E-state index in [4.69, 9.17) is 0 Å². The number of aromatic nitrogens is 2. The minimum atomic E-state index is 0.0187. The van der Waals surface area contributed by atoms with Gasteiger partial charge in [-0.05, 0) is 42.2 Å². The molecule has 2 unspecified atom stereocenters. The molecule has 1 heterocycles. The van der Waals surface area contributed by atoms with Gasteiger partial charge in [0, 0.05) is 29.9 Å². The van der Waals surface area contributed by atoms with E-state index in [0.29, 0.717) is 12.5 Å². The number of amides is 1. The normalized spacial score (nSPS) is 19.6. The second-order valence-electron chi connectivity index (χ2n) is 7.29. The summed E-state index contributed by atoms with van der Waals surface area (Å²) in [5, 5.41) is 7.55. The Balaban J connectivity index is 1.47. The second kappa shape index (κ2) is 8.21. The number of nitrogens with zero attached hydrogens (tertiary/aromatic N) is 2. The van der Waals surface area contributed by atoms with E-state index in [1.54, 1.807) is 6.20 Å². The van der Waals surface area contributed by atoms with Gasteiger partial charge in [-0.3, -0.25) is 9.48 Å². The Morgan fingerprint density at radius 2 is 1.89 bits per heavy atom. The summed E-state index contributed by atoms with van der Waals surface area (Å²) in [4.78, 5) is 12.9. The molecule has 1 aliphatic carbocycles. The van der Waals surface area contributed by atoms with Crippen molar-refractivity contribution in [3.8, 4) is 0 Å². The van der Waals surface area contributed by atoms with Gasteiger partial charge in [-0.1, -0.05) is 55.3 Å². The summed E-state index contributed by atoms with van der Waals surface area (Å²) in [6.07, 6.45) is 8.27. The first-order chi connectivity index (χ1) is 13.3. The zero-order valence-corrected chi connectivity index (χ0v) is 15.4. The van der Waals surface area contributed by atoms with Crippen LogP contribution in [0.3, 0.4) is 0 Å². The Morgan fingerprint density at radius 1 is 1.04 bits per heavy atom. The fourth-order valence-electron chi connectivity index (χ4n) is 4.05. The van der Waals surface area contributed by atoms with Crippen LogP contribution in [-0.2, 0) is 6.54 Å². The summed E-state index contributed by atoms with van der Waals surface area (Å²) in [5.41, 5.74) is 3.13. The van der Waals surface area contributed by atoms with Gasteiger partial charge in [0.05, 0.1) is 6.54 Å². The topological polar surface area (TPSA) is 46.9 Å². The van der Waals surface area contributed by atoms with E-state index in [-0.39, 0.29) is 11.9 Å². The lowest BCUT2D eigenvalue weighted by Crippen LogP contribution is -2.41. The van der Waals surface area contributed by atoms with Crippen LogP contribution in [0.4, 0.5) is 0 Å². The number of carbonyl (C=O) groups is 1. The van der Waals surface area contributed by atoms with E-state index in [1.165, 1.54) is 18.4 Å². The van der Waals surface area contributed by atoms with Gasteiger partial charge in [-0.2, -0.15) is 5.10 Å². The molecule has 4 nitrogen and oxygen atoms in total. The molecule has 3 aromatic rings. The van der Waals surface area contributed by atoms with E-state index in [0.717, 1.165) is 24.0 Å². The molecule has 138 valence electrons. The van der Waals surface area contributed by atoms with E-state index < -0.39 is 0 Å². The van der Waals surface area contributed by atoms with Crippen molar-refractivity contribution in [2.45, 2.75) is 44.2 Å². The van der Waals surface area contributed by atoms with Crippen LogP contribution in [0.1, 0.15) is 53.1 Å². The lowest BCUT2D eigenvalue weighted by molar-refractivity contribution is 0.0920. The van der Waals surface area contributed by atoms with Gasteiger partial charge in [0.25, 0.3) is 5.91 Å². The third-order valence-electron chi connectivity index (χ3n) is 5.40. The van der Waals surface area contributed by atoms with Crippen LogP contribution in [0.25, 0.3) is 0 Å². The fourth-order valence-corrected chi connectivity index (χ4v) is 4.05. The van der Waals surface area contributed by atoms with Crippen LogP contribution < -0.4 is 5.32 Å². The molecule has 4 rings (SSSR count). The van der Waals surface area contributed by atoms with Crippen molar-refractivity contribution >= 4 is 5.91 Å². The smallest absolute Gasteiger partial charge is 0.251 e. The predicted octanol–water partition coefficient (Wildman–Crippen LogP) is 4.39. The van der Waals surface area contributed by atoms with E-state index >= 15 is 0 Å². The van der Waals surface area contributed by atoms with Crippen LogP contribution in [0.5, 0.6) is 0 Å². The highest BCUT2D eigenvalue weighted by atomic mass is 16.1. The number of hydrogen-bond donors (Lipinski definition) is 1. The molecule has 1 aliphatic rings. The summed E-state index contributed by atoms with van der Waals surface area (Å²) in [5.74, 6) is 0.418. The molecule has 1 aromatic heterocycles. The van der Waals surface area contributed by atoms with Gasteiger partial charge in [0.15, 0.2) is 0 Å². The maximum atomic E-state index is 12.9. The van der Waals surface area contributed by atoms with Gasteiger partial charge in [-0.15, -0.1) is 0 Å². The summed E-state index contributed by atoms with van der Waals surface area (Å²) in [6, 6.07) is 20.5. The molecular weight excluding hydrogens is 334 g/mol. The van der Waals surface area contributed by atoms with Crippen molar-refractivity contribution in [1.29, 1.82) is 0 Å². The molecule has 0 spiro atoms. The van der Waals surface area contributed by atoms with Crippen LogP contribution >= 0.6 is 0 Å². The zero-order valence-electron chi connectivity index (χ0n) is 15.4. The van der Waals surface area contributed by atoms with Crippen LogP contribution in [0.15, 0.2) is 73.1 Å². The number of rotatable bonds is 5. The fraction of sp³-hybridized carbons (Fsp3) is 0.304. The first kappa shape index (κ1) is 17.5. The highest BCUT2D eigenvalue weighted by molar-refractivity contribution is 5.94. The Bertz CT molecular complexity index is 874. The highest BCUT2D eigenvalue weighted by Crippen LogP contribution is 2.33. The molecular formula is C23H25N3O. The van der Waals surface area contributed by atoms with Gasteiger partial charge in [0.1, 0.15) is 0 Å². The molecule has 4 heteroatoms. The summed E-state index contributed by atoms with van der Waals surface area (Å²) in [6.45, 7) is 0.671. The Hall–Kier alpha value is -2.88. The average Bonchev–Trinajstić information content (AvgIpc) is 3.22. The van der Waals surface area contributed by atoms with Gasteiger partial charge >= 0.3 is 0 Å². The second-order valence-corrected chi connectivity index (χ2v) is 7.29. The maximum Gasteiger partial charge on any atom is 0.251 e. The third-order valence-corrected chi connectivity index (χ3v) is 5.40. The lowest BCUT2D eigenvalue weighted by atomic mass is 9.80. The number of benzene rings is 2. The molecule has 1 amide bonds. The zero-order chi connectivity index (χ0) is 18.5. The minimum Gasteiger partial charge on any atom is -0.349 e. The Labute approximate surface area is 160 Å². The van der Waals surface area contributed by atoms with E-state index in [1.807, 2.05) is 47.3 Å². The molecule has 0 aliphatic heterocycles. The van der Waals surface area contributed by atoms with Crippen LogP contribution in [-0.4, -0.2) is 21.7 Å². The number of nitrogens with one attached hydrogen (secondary N) is 1. The third kappa shape index (κ3) is 4.27. The van der Waals surface area contributed by atoms with Gasteiger partial charge in [-0.25, -0.2) is 0 Å². The van der Waals surface area contributed by atoms with Crippen molar-refractivity contribution in [1.82, 2.24) is 15.1 Å². The highest BCUT2D eigenvalue weighted by Gasteiger charge is 2.27. The standard InChI is InChI=1S/C23H25N3O/c27-23(20-11-6-8-18(16-20)17-26-15-7-14-24-26)25-22-13-5-4-12-21(22)19-9-2-1-3-10-19/h1-3,6-11,14-16,21-22H,4-5,12-13,17H2,(H,25,27). The van der Waals surface area contributed by atoms with Crippen molar-refractivity contribution in [2.75, 3.05) is 0 Å². The maximum absolute atomic E-state index is 12.9. The lowest BCUT2D eigenvalue weighted by Gasteiger charge is -2.32. The first-order valence-corrected chi connectivity index (χ1v) is 9.72. The van der Waals surface area contributed by atoms with Crippen molar-refractivity contribution in [3.05, 3.63) is 89.7 Å². The Kier molecular flexibility index (Phi) is 5.33. The largest absolute Gasteiger partial charge is 0.349 e. The predicted molar refractivity (Wildman–Crippen MR) is 107 cm³/mol. The minimum absolute atomic E-state index is 0.0187. The van der Waals surface area contributed by atoms with Crippen LogP contribution in [0.2, 0.25) is 0 Å². The number of hydrogen-bond acceptors (Lipinski definition) is 2. The molecule has 2 aromatic carbocycles. The summed E-state index contributed by atoms with van der Waals surface area (Å²) in [7, 11) is 0. The number of carbonyl (C=O) groups excluding carboxylic acids is 1. The average molecular weight is 359 g/mol. The molecule has 1 fully saturated rings. The van der Waals surface area contributed by atoms with E-state index in [9.17, 15) is 4.79 Å². The van der Waals surface area contributed by atoms with E-state index in [2.05, 4.69) is 34.7 Å². The van der Waals surface area contributed by atoms with Crippen LogP contribution in [0, 0.1) is 0 Å². The van der Waals surface area contributed by atoms with Crippen molar-refractivity contribution in [2.24, 2.45) is 0 Å². The van der Waals surface area contributed by atoms with Gasteiger partial charge < -0.3 is 5.32 Å². The Morgan fingerprint density at radius 3 is 2.70 bits per heavy atom. The SMILES string of the molecule is O=C(NC1CCCCC1c1ccccc1)c1cccc(Cn2cccn2)c1.